The van der Waals surface area contributed by atoms with Gasteiger partial charge in [0.15, 0.2) is 5.82 Å². The largest absolute Gasteiger partial charge is 0.361 e. The maximum atomic E-state index is 13.1. The lowest BCUT2D eigenvalue weighted by Crippen LogP contribution is -2.55. The number of carbonyl (C=O) groups excluding carboxylic acids is 1. The molecule has 1 N–H and O–H groups in total. The monoisotopic (exact) mass is 352 g/mol. The molecule has 2 atom stereocenters. The van der Waals surface area contributed by atoms with Crippen LogP contribution in [-0.2, 0) is 13.6 Å². The molecule has 2 aliphatic heterocycles. The van der Waals surface area contributed by atoms with E-state index in [0.717, 1.165) is 42.7 Å². The van der Waals surface area contributed by atoms with Crippen LogP contribution in [0.1, 0.15) is 29.2 Å². The van der Waals surface area contributed by atoms with Crippen LogP contribution in [0.5, 0.6) is 0 Å². The van der Waals surface area contributed by atoms with Crippen molar-refractivity contribution < 1.29 is 4.79 Å². The van der Waals surface area contributed by atoms with Crippen LogP contribution >= 0.6 is 0 Å². The summed E-state index contributed by atoms with van der Waals surface area (Å²) >= 11 is 0. The Labute approximate surface area is 150 Å². The highest BCUT2D eigenvalue weighted by molar-refractivity contribution is 6.04. The SMILES string of the molecule is Cn1nnc(CN2C3CCC2CN(C(=O)c2nccc4[nH]ccc24)C3)n1. The van der Waals surface area contributed by atoms with Gasteiger partial charge in [0.1, 0.15) is 5.69 Å². The quantitative estimate of drug-likeness (QED) is 0.741. The average molecular weight is 352 g/mol. The first-order chi connectivity index (χ1) is 12.7. The van der Waals surface area contributed by atoms with Gasteiger partial charge in [0, 0.05) is 48.5 Å². The number of hydrogen-bond donors (Lipinski definition) is 1. The van der Waals surface area contributed by atoms with E-state index in [1.807, 2.05) is 23.2 Å². The maximum absolute atomic E-state index is 13.1. The Hall–Kier alpha value is -2.81. The van der Waals surface area contributed by atoms with Crippen molar-refractivity contribution in [3.05, 3.63) is 36.0 Å². The molecule has 9 nitrogen and oxygen atoms in total. The van der Waals surface area contributed by atoms with Crippen LogP contribution in [0.15, 0.2) is 24.5 Å². The molecule has 1 amide bonds. The van der Waals surface area contributed by atoms with E-state index < -0.39 is 0 Å². The third kappa shape index (κ3) is 2.47. The first-order valence-corrected chi connectivity index (χ1v) is 8.89. The summed E-state index contributed by atoms with van der Waals surface area (Å²) in [6, 6.07) is 4.49. The Bertz CT molecular complexity index is 948. The van der Waals surface area contributed by atoms with Gasteiger partial charge >= 0.3 is 0 Å². The number of amides is 1. The Morgan fingerprint density at radius 2 is 2.08 bits per heavy atom. The first-order valence-electron chi connectivity index (χ1n) is 8.89. The van der Waals surface area contributed by atoms with Crippen LogP contribution in [-0.4, -0.2) is 71.1 Å². The molecular formula is C17H20N8O. The number of aryl methyl sites for hydroxylation is 1. The Morgan fingerprint density at radius 3 is 2.81 bits per heavy atom. The van der Waals surface area contributed by atoms with Gasteiger partial charge in [-0.2, -0.15) is 4.80 Å². The van der Waals surface area contributed by atoms with E-state index in [0.29, 0.717) is 24.3 Å². The highest BCUT2D eigenvalue weighted by Gasteiger charge is 2.42. The highest BCUT2D eigenvalue weighted by Crippen LogP contribution is 2.32. The predicted octanol–water partition coefficient (Wildman–Crippen LogP) is 0.575. The molecule has 134 valence electrons. The zero-order valence-corrected chi connectivity index (χ0v) is 14.5. The molecule has 5 rings (SSSR count). The second kappa shape index (κ2) is 5.87. The molecule has 3 aromatic rings. The summed E-state index contributed by atoms with van der Waals surface area (Å²) in [5, 5.41) is 13.2. The van der Waals surface area contributed by atoms with Crippen LogP contribution in [0.25, 0.3) is 10.9 Å². The second-order valence-corrected chi connectivity index (χ2v) is 7.06. The van der Waals surface area contributed by atoms with Gasteiger partial charge in [-0.05, 0) is 30.2 Å². The summed E-state index contributed by atoms with van der Waals surface area (Å²) in [6.45, 7) is 2.13. The summed E-state index contributed by atoms with van der Waals surface area (Å²) in [7, 11) is 1.77. The van der Waals surface area contributed by atoms with Gasteiger partial charge in [0.25, 0.3) is 5.91 Å². The number of aromatic amines is 1. The van der Waals surface area contributed by atoms with E-state index in [-0.39, 0.29) is 5.91 Å². The molecule has 0 saturated carbocycles. The zero-order valence-electron chi connectivity index (χ0n) is 14.5. The summed E-state index contributed by atoms with van der Waals surface area (Å²) in [4.78, 5) is 26.5. The number of tetrazole rings is 1. The van der Waals surface area contributed by atoms with Crippen molar-refractivity contribution in [2.24, 2.45) is 7.05 Å². The molecule has 0 spiro atoms. The number of nitrogens with one attached hydrogen (secondary N) is 1. The predicted molar refractivity (Wildman–Crippen MR) is 93.1 cm³/mol. The van der Waals surface area contributed by atoms with Crippen LogP contribution in [0.2, 0.25) is 0 Å². The van der Waals surface area contributed by atoms with Crippen LogP contribution in [0.3, 0.4) is 0 Å². The van der Waals surface area contributed by atoms with Gasteiger partial charge in [-0.3, -0.25) is 14.7 Å². The molecule has 3 aromatic heterocycles. The molecule has 2 fully saturated rings. The van der Waals surface area contributed by atoms with Crippen molar-refractivity contribution in [1.29, 1.82) is 0 Å². The number of H-pyrrole nitrogens is 1. The fourth-order valence-corrected chi connectivity index (χ4v) is 4.27. The zero-order chi connectivity index (χ0) is 17.7. The molecular weight excluding hydrogens is 332 g/mol. The Kier molecular flexibility index (Phi) is 3.49. The lowest BCUT2D eigenvalue weighted by molar-refractivity contribution is 0.0412. The average Bonchev–Trinajstić information content (AvgIpc) is 3.33. The first kappa shape index (κ1) is 15.4. The fraction of sp³-hybridized carbons (Fsp3) is 0.471. The Morgan fingerprint density at radius 1 is 1.27 bits per heavy atom. The van der Waals surface area contributed by atoms with E-state index in [9.17, 15) is 4.79 Å². The van der Waals surface area contributed by atoms with Gasteiger partial charge in [-0.15, -0.1) is 10.2 Å². The minimum Gasteiger partial charge on any atom is -0.361 e. The molecule has 2 saturated heterocycles. The topological polar surface area (TPSA) is 95.8 Å². The molecule has 0 aliphatic carbocycles. The molecule has 0 aromatic carbocycles. The molecule has 9 heteroatoms. The minimum atomic E-state index is 0.0179. The standard InChI is InChI=1S/C17H20N8O/c1-23-21-15(20-22-23)10-25-11-2-3-12(25)9-24(8-11)17(26)16-13-4-6-18-14(13)5-7-19-16/h4-7,11-12,18H,2-3,8-10H2,1H3. The third-order valence-corrected chi connectivity index (χ3v) is 5.48. The molecule has 26 heavy (non-hydrogen) atoms. The molecule has 2 aliphatic rings. The van der Waals surface area contributed by atoms with Gasteiger partial charge in [0.05, 0.1) is 13.6 Å². The van der Waals surface area contributed by atoms with E-state index in [1.54, 1.807) is 13.2 Å². The summed E-state index contributed by atoms with van der Waals surface area (Å²) in [5.74, 6) is 0.757. The van der Waals surface area contributed by atoms with Gasteiger partial charge in [0.2, 0.25) is 0 Å². The minimum absolute atomic E-state index is 0.0179. The number of rotatable bonds is 3. The van der Waals surface area contributed by atoms with Crippen molar-refractivity contribution in [3.63, 3.8) is 0 Å². The lowest BCUT2D eigenvalue weighted by atomic mass is 10.1. The van der Waals surface area contributed by atoms with Crippen LogP contribution in [0.4, 0.5) is 0 Å². The molecule has 2 unspecified atom stereocenters. The molecule has 5 heterocycles. The van der Waals surface area contributed by atoms with Crippen LogP contribution < -0.4 is 0 Å². The number of aromatic nitrogens is 6. The summed E-state index contributed by atoms with van der Waals surface area (Å²) < 4.78 is 0. The molecule has 2 bridgehead atoms. The number of hydrogen-bond acceptors (Lipinski definition) is 6. The van der Waals surface area contributed by atoms with Crippen molar-refractivity contribution in [2.75, 3.05) is 13.1 Å². The lowest BCUT2D eigenvalue weighted by Gasteiger charge is -2.40. The summed E-state index contributed by atoms with van der Waals surface area (Å²) in [6.07, 6.45) is 5.72. The smallest absolute Gasteiger partial charge is 0.273 e. The normalized spacial score (nSPS) is 23.0. The van der Waals surface area contributed by atoms with Crippen LogP contribution in [0, 0.1) is 0 Å². The number of nitrogens with zero attached hydrogens (tertiary/aromatic N) is 7. The van der Waals surface area contributed by atoms with E-state index in [4.69, 9.17) is 0 Å². The third-order valence-electron chi connectivity index (χ3n) is 5.48. The van der Waals surface area contributed by atoms with Crippen molar-refractivity contribution in [3.8, 4) is 0 Å². The Balaban J connectivity index is 1.35. The number of pyridine rings is 1. The molecule has 0 radical (unpaired) electrons. The fourth-order valence-electron chi connectivity index (χ4n) is 4.27. The van der Waals surface area contributed by atoms with Crippen molar-refractivity contribution >= 4 is 16.8 Å². The maximum Gasteiger partial charge on any atom is 0.273 e. The van der Waals surface area contributed by atoms with Gasteiger partial charge < -0.3 is 9.88 Å². The number of fused-ring (bicyclic) bond motifs is 3. The van der Waals surface area contributed by atoms with Gasteiger partial charge in [-0.1, -0.05) is 0 Å². The van der Waals surface area contributed by atoms with E-state index in [1.165, 1.54) is 4.80 Å². The van der Waals surface area contributed by atoms with E-state index in [2.05, 4.69) is 30.3 Å². The van der Waals surface area contributed by atoms with Crippen molar-refractivity contribution in [2.45, 2.75) is 31.5 Å². The second-order valence-electron chi connectivity index (χ2n) is 7.06. The number of carbonyl (C=O) groups is 1. The van der Waals surface area contributed by atoms with E-state index >= 15 is 0 Å². The van der Waals surface area contributed by atoms with Crippen molar-refractivity contribution in [1.82, 2.24) is 40.0 Å². The number of piperazine rings is 1. The van der Waals surface area contributed by atoms with Gasteiger partial charge in [-0.25, -0.2) is 0 Å². The number of likely N-dealkylation sites (tertiary alicyclic amines) is 1. The highest BCUT2D eigenvalue weighted by atomic mass is 16.2. The summed E-state index contributed by atoms with van der Waals surface area (Å²) in [5.41, 5.74) is 1.48.